The Morgan fingerprint density at radius 3 is 2.43 bits per heavy atom. The summed E-state index contributed by atoms with van der Waals surface area (Å²) < 4.78 is 14.1. The second kappa shape index (κ2) is 10.1. The summed E-state index contributed by atoms with van der Waals surface area (Å²) in [5.74, 6) is -1.31. The molecule has 2 amide bonds. The molecule has 4 nitrogen and oxygen atoms in total. The van der Waals surface area contributed by atoms with Crippen molar-refractivity contribution in [1.29, 1.82) is 0 Å². The normalized spacial score (nSPS) is 11.8. The maximum atomic E-state index is 14.1. The summed E-state index contributed by atoms with van der Waals surface area (Å²) >= 11 is 18.0. The van der Waals surface area contributed by atoms with Gasteiger partial charge in [0.25, 0.3) is 0 Å². The molecule has 2 aromatic carbocycles. The number of carbonyl (C=O) groups excluding carboxylic acids is 2. The Balaban J connectivity index is 2.32. The van der Waals surface area contributed by atoms with Crippen LogP contribution in [0.15, 0.2) is 36.4 Å². The van der Waals surface area contributed by atoms with Crippen LogP contribution in [-0.2, 0) is 22.6 Å². The minimum absolute atomic E-state index is 0.0939. The highest BCUT2D eigenvalue weighted by molar-refractivity contribution is 6.42. The van der Waals surface area contributed by atoms with E-state index in [-0.39, 0.29) is 29.5 Å². The van der Waals surface area contributed by atoms with E-state index in [1.807, 2.05) is 0 Å². The van der Waals surface area contributed by atoms with Crippen LogP contribution in [0.5, 0.6) is 0 Å². The molecule has 8 heteroatoms. The zero-order valence-electron chi connectivity index (χ0n) is 15.4. The first kappa shape index (κ1) is 22.5. The van der Waals surface area contributed by atoms with Gasteiger partial charge in [-0.2, -0.15) is 0 Å². The maximum absolute atomic E-state index is 14.1. The Hall–Kier alpha value is -1.82. The van der Waals surface area contributed by atoms with Gasteiger partial charge in [-0.1, -0.05) is 46.9 Å². The summed E-state index contributed by atoms with van der Waals surface area (Å²) in [6.07, 6.45) is -0.267. The second-order valence-corrected chi connectivity index (χ2v) is 7.44. The number of nitrogens with one attached hydrogen (secondary N) is 1. The van der Waals surface area contributed by atoms with Gasteiger partial charge in [0.05, 0.1) is 16.5 Å². The fraction of sp³-hybridized carbons (Fsp3) is 0.300. The molecule has 0 heterocycles. The van der Waals surface area contributed by atoms with Crippen LogP contribution in [-0.4, -0.2) is 29.3 Å². The summed E-state index contributed by atoms with van der Waals surface area (Å²) in [5, 5.41) is 3.58. The Bertz CT molecular complexity index is 856. The molecular weight excluding hydrogens is 426 g/mol. The van der Waals surface area contributed by atoms with Gasteiger partial charge in [0.2, 0.25) is 11.8 Å². The molecule has 2 aromatic rings. The van der Waals surface area contributed by atoms with Crippen molar-refractivity contribution in [3.8, 4) is 0 Å². The molecule has 0 aliphatic carbocycles. The summed E-state index contributed by atoms with van der Waals surface area (Å²) in [6, 6.07) is 8.42. The van der Waals surface area contributed by atoms with Gasteiger partial charge >= 0.3 is 0 Å². The van der Waals surface area contributed by atoms with Crippen molar-refractivity contribution in [2.75, 3.05) is 6.54 Å². The Morgan fingerprint density at radius 2 is 1.82 bits per heavy atom. The third kappa shape index (κ3) is 5.60. The molecule has 0 spiro atoms. The monoisotopic (exact) mass is 444 g/mol. The van der Waals surface area contributed by atoms with E-state index in [0.717, 1.165) is 0 Å². The van der Waals surface area contributed by atoms with Gasteiger partial charge in [0, 0.05) is 23.7 Å². The third-order valence-corrected chi connectivity index (χ3v) is 5.34. The van der Waals surface area contributed by atoms with Crippen LogP contribution >= 0.6 is 34.8 Å². The number of likely N-dealkylation sites (N-methyl/N-ethyl adjacent to an activating group) is 1. The molecule has 0 saturated heterocycles. The number of halogens is 4. The summed E-state index contributed by atoms with van der Waals surface area (Å²) in [5.41, 5.74) is 0.787. The Kier molecular flexibility index (Phi) is 8.10. The minimum atomic E-state index is -0.771. The number of hydrogen-bond donors (Lipinski definition) is 1. The summed E-state index contributed by atoms with van der Waals surface area (Å²) in [7, 11) is 0. The number of carbonyl (C=O) groups is 2. The van der Waals surface area contributed by atoms with Crippen molar-refractivity contribution in [2.24, 2.45) is 0 Å². The molecule has 0 fully saturated rings. The van der Waals surface area contributed by atoms with Crippen LogP contribution in [0.2, 0.25) is 15.1 Å². The molecular formula is C20H20Cl3FN2O2. The van der Waals surface area contributed by atoms with Gasteiger partial charge in [-0.05, 0) is 43.7 Å². The minimum Gasteiger partial charge on any atom is -0.355 e. The average Bonchev–Trinajstić information content (AvgIpc) is 2.65. The van der Waals surface area contributed by atoms with Crippen LogP contribution < -0.4 is 5.32 Å². The fourth-order valence-corrected chi connectivity index (χ4v) is 3.24. The quantitative estimate of drug-likeness (QED) is 0.660. The predicted octanol–water partition coefficient (Wildman–Crippen LogP) is 4.88. The van der Waals surface area contributed by atoms with Crippen molar-refractivity contribution in [3.05, 3.63) is 68.4 Å². The van der Waals surface area contributed by atoms with Gasteiger partial charge in [-0.25, -0.2) is 4.39 Å². The number of nitrogens with zero attached hydrogens (tertiary/aromatic N) is 1. The molecule has 28 heavy (non-hydrogen) atoms. The van der Waals surface area contributed by atoms with Crippen LogP contribution in [0, 0.1) is 5.82 Å². The van der Waals surface area contributed by atoms with Gasteiger partial charge in [-0.3, -0.25) is 9.59 Å². The SMILES string of the molecule is CCNC(=O)[C@H](C)N(Cc1ccc(Cl)c(Cl)c1)C(=O)Cc1c(F)cccc1Cl. The zero-order valence-corrected chi connectivity index (χ0v) is 17.7. The van der Waals surface area contributed by atoms with Crippen molar-refractivity contribution < 1.29 is 14.0 Å². The smallest absolute Gasteiger partial charge is 0.242 e. The molecule has 0 aliphatic rings. The van der Waals surface area contributed by atoms with E-state index in [4.69, 9.17) is 34.8 Å². The van der Waals surface area contributed by atoms with Crippen LogP contribution in [0.25, 0.3) is 0 Å². The first-order valence-electron chi connectivity index (χ1n) is 8.68. The summed E-state index contributed by atoms with van der Waals surface area (Å²) in [6.45, 7) is 3.94. The lowest BCUT2D eigenvalue weighted by Crippen LogP contribution is -2.48. The highest BCUT2D eigenvalue weighted by atomic mass is 35.5. The number of amides is 2. The largest absolute Gasteiger partial charge is 0.355 e. The van der Waals surface area contributed by atoms with Crippen molar-refractivity contribution in [2.45, 2.75) is 32.9 Å². The van der Waals surface area contributed by atoms with E-state index in [1.54, 1.807) is 32.0 Å². The second-order valence-electron chi connectivity index (χ2n) is 6.22. The van der Waals surface area contributed by atoms with E-state index in [1.165, 1.54) is 23.1 Å². The fourth-order valence-electron chi connectivity index (χ4n) is 2.69. The van der Waals surface area contributed by atoms with Crippen molar-refractivity contribution in [1.82, 2.24) is 10.2 Å². The first-order chi connectivity index (χ1) is 13.2. The summed E-state index contributed by atoms with van der Waals surface area (Å²) in [4.78, 5) is 26.7. The first-order valence-corrected chi connectivity index (χ1v) is 9.82. The highest BCUT2D eigenvalue weighted by Crippen LogP contribution is 2.25. The lowest BCUT2D eigenvalue weighted by Gasteiger charge is -2.29. The van der Waals surface area contributed by atoms with Gasteiger partial charge in [0.1, 0.15) is 11.9 Å². The van der Waals surface area contributed by atoms with Crippen LogP contribution in [0.1, 0.15) is 25.0 Å². The molecule has 0 radical (unpaired) electrons. The molecule has 0 saturated carbocycles. The molecule has 0 aromatic heterocycles. The lowest BCUT2D eigenvalue weighted by atomic mass is 10.1. The molecule has 1 atom stereocenters. The molecule has 2 rings (SSSR count). The van der Waals surface area contributed by atoms with E-state index in [9.17, 15) is 14.0 Å². The standard InChI is InChI=1S/C20H20Cl3FN2O2/c1-3-25-20(28)12(2)26(11-13-7-8-16(22)17(23)9-13)19(27)10-14-15(21)5-4-6-18(14)24/h4-9,12H,3,10-11H2,1-2H3,(H,25,28)/t12-/m0/s1. The molecule has 150 valence electrons. The molecule has 0 aliphatic heterocycles. The number of rotatable bonds is 7. The zero-order chi connectivity index (χ0) is 20.8. The lowest BCUT2D eigenvalue weighted by molar-refractivity contribution is -0.140. The van der Waals surface area contributed by atoms with Crippen molar-refractivity contribution in [3.63, 3.8) is 0 Å². The van der Waals surface area contributed by atoms with Crippen LogP contribution in [0.3, 0.4) is 0 Å². The molecule has 1 N–H and O–H groups in total. The van der Waals surface area contributed by atoms with Gasteiger partial charge < -0.3 is 10.2 Å². The topological polar surface area (TPSA) is 49.4 Å². The Labute approximate surface area is 178 Å². The van der Waals surface area contributed by atoms with E-state index in [2.05, 4.69) is 5.32 Å². The molecule has 0 unspecified atom stereocenters. The number of hydrogen-bond acceptors (Lipinski definition) is 2. The van der Waals surface area contributed by atoms with E-state index >= 15 is 0 Å². The Morgan fingerprint density at radius 1 is 1.11 bits per heavy atom. The average molecular weight is 446 g/mol. The van der Waals surface area contributed by atoms with E-state index in [0.29, 0.717) is 22.2 Å². The van der Waals surface area contributed by atoms with E-state index < -0.39 is 17.8 Å². The number of benzene rings is 2. The third-order valence-electron chi connectivity index (χ3n) is 4.24. The van der Waals surface area contributed by atoms with Gasteiger partial charge in [-0.15, -0.1) is 0 Å². The maximum Gasteiger partial charge on any atom is 0.242 e. The van der Waals surface area contributed by atoms with Gasteiger partial charge in [0.15, 0.2) is 0 Å². The van der Waals surface area contributed by atoms with Crippen LogP contribution in [0.4, 0.5) is 4.39 Å². The molecule has 0 bridgehead atoms. The van der Waals surface area contributed by atoms with Crippen molar-refractivity contribution >= 4 is 46.6 Å². The highest BCUT2D eigenvalue weighted by Gasteiger charge is 2.27. The predicted molar refractivity (Wildman–Crippen MR) is 110 cm³/mol.